The van der Waals surface area contributed by atoms with Crippen LogP contribution in [-0.4, -0.2) is 33.5 Å². The number of rotatable bonds is 8. The van der Waals surface area contributed by atoms with Crippen LogP contribution in [0.1, 0.15) is 29.2 Å². The van der Waals surface area contributed by atoms with Crippen LogP contribution < -0.4 is 5.32 Å². The van der Waals surface area contributed by atoms with Crippen molar-refractivity contribution >= 4 is 12.1 Å². The molecule has 0 radical (unpaired) electrons. The van der Waals surface area contributed by atoms with Crippen molar-refractivity contribution in [3.05, 3.63) is 83.7 Å². The molecule has 1 heterocycles. The van der Waals surface area contributed by atoms with E-state index in [2.05, 4.69) is 10.4 Å². The van der Waals surface area contributed by atoms with Crippen LogP contribution in [0, 0.1) is 0 Å². The minimum Gasteiger partial charge on any atom is -0.481 e. The fourth-order valence-corrected chi connectivity index (χ4v) is 3.17. The van der Waals surface area contributed by atoms with E-state index in [1.54, 1.807) is 42.5 Å². The first-order valence-electron chi connectivity index (χ1n) is 9.65. The summed E-state index contributed by atoms with van der Waals surface area (Å²) in [5, 5.41) is 15.7. The number of carbonyl (C=O) groups is 2. The number of carboxylic acid groups (broad SMARTS) is 1. The smallest absolute Gasteiger partial charge is 0.433 e. The molecular formula is C22H20F3N3O4. The van der Waals surface area contributed by atoms with Gasteiger partial charge in [0.2, 0.25) is 0 Å². The molecule has 0 aliphatic carbocycles. The predicted molar refractivity (Wildman–Crippen MR) is 108 cm³/mol. The fourth-order valence-electron chi connectivity index (χ4n) is 3.17. The van der Waals surface area contributed by atoms with Crippen LogP contribution in [-0.2, 0) is 22.3 Å². The van der Waals surface area contributed by atoms with Gasteiger partial charge < -0.3 is 15.2 Å². The van der Waals surface area contributed by atoms with Crippen molar-refractivity contribution in [3.8, 4) is 5.69 Å². The third-order valence-corrected chi connectivity index (χ3v) is 4.66. The molecule has 2 N–H and O–H groups in total. The quantitative estimate of drug-likeness (QED) is 0.535. The maximum atomic E-state index is 13.8. The van der Waals surface area contributed by atoms with Crippen LogP contribution in [0.3, 0.4) is 0 Å². The largest absolute Gasteiger partial charge is 0.481 e. The van der Waals surface area contributed by atoms with E-state index in [4.69, 9.17) is 4.74 Å². The molecule has 0 spiro atoms. The Kier molecular flexibility index (Phi) is 7.14. The first-order valence-corrected chi connectivity index (χ1v) is 9.65. The van der Waals surface area contributed by atoms with Gasteiger partial charge in [0.25, 0.3) is 0 Å². The molecule has 1 aromatic heterocycles. The predicted octanol–water partition coefficient (Wildman–Crippen LogP) is 4.38. The molecule has 32 heavy (non-hydrogen) atoms. The van der Waals surface area contributed by atoms with E-state index in [1.165, 1.54) is 12.1 Å². The number of hydrogen-bond acceptors (Lipinski definition) is 4. The highest BCUT2D eigenvalue weighted by Crippen LogP contribution is 2.37. The first kappa shape index (κ1) is 22.9. The summed E-state index contributed by atoms with van der Waals surface area (Å²) in [6.45, 7) is -0.185. The average molecular weight is 447 g/mol. The van der Waals surface area contributed by atoms with Gasteiger partial charge in [-0.25, -0.2) is 9.48 Å². The lowest BCUT2D eigenvalue weighted by Crippen LogP contribution is -2.28. The molecule has 168 valence electrons. The van der Waals surface area contributed by atoms with Gasteiger partial charge in [-0.05, 0) is 24.1 Å². The van der Waals surface area contributed by atoms with Gasteiger partial charge in [-0.15, -0.1) is 0 Å². The Hall–Kier alpha value is -3.82. The number of hydrogen-bond donors (Lipinski definition) is 2. The molecule has 1 amide bonds. The number of para-hydroxylation sites is 1. The van der Waals surface area contributed by atoms with Gasteiger partial charge in [0.05, 0.1) is 17.8 Å². The van der Waals surface area contributed by atoms with Crippen molar-refractivity contribution in [2.45, 2.75) is 25.1 Å². The van der Waals surface area contributed by atoms with Gasteiger partial charge in [0.15, 0.2) is 5.69 Å². The van der Waals surface area contributed by atoms with Gasteiger partial charge in [-0.3, -0.25) is 4.79 Å². The fraction of sp³-hybridized carbons (Fsp3) is 0.227. The topological polar surface area (TPSA) is 93.5 Å². The van der Waals surface area contributed by atoms with E-state index in [1.807, 2.05) is 6.07 Å². The second kappa shape index (κ2) is 9.99. The number of carbonyl (C=O) groups excluding carboxylic acids is 1. The molecular weight excluding hydrogens is 427 g/mol. The normalized spacial score (nSPS) is 12.2. The number of amides is 1. The molecule has 1 atom stereocenters. The van der Waals surface area contributed by atoms with E-state index in [9.17, 15) is 27.9 Å². The zero-order valence-corrected chi connectivity index (χ0v) is 16.7. The number of halogens is 3. The minimum atomic E-state index is -4.84. The minimum absolute atomic E-state index is 0.0110. The molecule has 3 rings (SSSR count). The van der Waals surface area contributed by atoms with Crippen molar-refractivity contribution in [2.24, 2.45) is 0 Å². The van der Waals surface area contributed by atoms with Gasteiger partial charge in [0, 0.05) is 12.1 Å². The SMILES string of the molecule is O=C(NCCC(C(=O)O)c1cnn(-c2ccccc2)c1C(F)(F)F)OCc1ccccc1. The molecule has 1 unspecified atom stereocenters. The summed E-state index contributed by atoms with van der Waals surface area (Å²) in [6, 6.07) is 16.5. The van der Waals surface area contributed by atoms with Crippen LogP contribution >= 0.6 is 0 Å². The van der Waals surface area contributed by atoms with E-state index < -0.39 is 35.4 Å². The molecule has 2 aromatic carbocycles. The highest BCUT2D eigenvalue weighted by molar-refractivity contribution is 5.76. The number of aliphatic carboxylic acids is 1. The van der Waals surface area contributed by atoms with Gasteiger partial charge >= 0.3 is 18.2 Å². The Morgan fingerprint density at radius 3 is 2.28 bits per heavy atom. The summed E-state index contributed by atoms with van der Waals surface area (Å²) in [7, 11) is 0. The maximum Gasteiger partial charge on any atom is 0.433 e. The summed E-state index contributed by atoms with van der Waals surface area (Å²) < 4.78 is 47.2. The van der Waals surface area contributed by atoms with E-state index >= 15 is 0 Å². The lowest BCUT2D eigenvalue weighted by molar-refractivity contribution is -0.145. The number of benzene rings is 2. The maximum absolute atomic E-state index is 13.8. The number of nitrogens with zero attached hydrogens (tertiary/aromatic N) is 2. The third kappa shape index (κ3) is 5.65. The van der Waals surface area contributed by atoms with Gasteiger partial charge in [-0.2, -0.15) is 18.3 Å². The Morgan fingerprint density at radius 2 is 1.69 bits per heavy atom. The summed E-state index contributed by atoms with van der Waals surface area (Å²) in [6.07, 6.45) is -5.01. The van der Waals surface area contributed by atoms with E-state index in [0.717, 1.165) is 11.8 Å². The number of alkyl carbamates (subject to hydrolysis) is 1. The Bertz CT molecular complexity index is 1050. The van der Waals surface area contributed by atoms with E-state index in [0.29, 0.717) is 4.68 Å². The zero-order valence-electron chi connectivity index (χ0n) is 16.7. The molecule has 0 saturated carbocycles. The zero-order chi connectivity index (χ0) is 23.1. The molecule has 0 aliphatic heterocycles. The van der Waals surface area contributed by atoms with Crippen LogP contribution in [0.15, 0.2) is 66.9 Å². The lowest BCUT2D eigenvalue weighted by atomic mass is 9.95. The summed E-state index contributed by atoms with van der Waals surface area (Å²) in [4.78, 5) is 23.6. The van der Waals surface area contributed by atoms with Crippen LogP contribution in [0.2, 0.25) is 0 Å². The summed E-state index contributed by atoms with van der Waals surface area (Å²) in [5.41, 5.74) is -0.733. The van der Waals surface area contributed by atoms with Crippen molar-refractivity contribution in [3.63, 3.8) is 0 Å². The summed E-state index contributed by atoms with van der Waals surface area (Å²) >= 11 is 0. The number of nitrogens with one attached hydrogen (secondary N) is 1. The van der Waals surface area contributed by atoms with Crippen molar-refractivity contribution < 1.29 is 32.6 Å². The van der Waals surface area contributed by atoms with E-state index in [-0.39, 0.29) is 25.3 Å². The Balaban J connectivity index is 1.71. The average Bonchev–Trinajstić information content (AvgIpc) is 3.22. The highest BCUT2D eigenvalue weighted by Gasteiger charge is 2.41. The monoisotopic (exact) mass is 447 g/mol. The highest BCUT2D eigenvalue weighted by atomic mass is 19.4. The second-order valence-corrected chi connectivity index (χ2v) is 6.86. The molecule has 0 fully saturated rings. The number of ether oxygens (including phenoxy) is 1. The molecule has 0 saturated heterocycles. The summed E-state index contributed by atoms with van der Waals surface area (Å²) in [5.74, 6) is -2.99. The molecule has 0 aliphatic rings. The Labute approximate surface area is 181 Å². The van der Waals surface area contributed by atoms with Gasteiger partial charge in [-0.1, -0.05) is 48.5 Å². The molecule has 3 aromatic rings. The first-order chi connectivity index (χ1) is 15.3. The standard InChI is InChI=1S/C22H20F3N3O4/c23-22(24,25)19-18(13-27-28(19)16-9-5-2-6-10-16)17(20(29)30)11-12-26-21(31)32-14-15-7-3-1-4-8-15/h1-10,13,17H,11-12,14H2,(H,26,31)(H,29,30). The number of alkyl halides is 3. The van der Waals surface area contributed by atoms with Crippen molar-refractivity contribution in [1.29, 1.82) is 0 Å². The lowest BCUT2D eigenvalue weighted by Gasteiger charge is -2.17. The van der Waals surface area contributed by atoms with Crippen molar-refractivity contribution in [2.75, 3.05) is 6.54 Å². The number of carboxylic acids is 1. The molecule has 0 bridgehead atoms. The Morgan fingerprint density at radius 1 is 1.06 bits per heavy atom. The van der Waals surface area contributed by atoms with Crippen LogP contribution in [0.25, 0.3) is 5.69 Å². The van der Waals surface area contributed by atoms with Gasteiger partial charge in [0.1, 0.15) is 6.61 Å². The third-order valence-electron chi connectivity index (χ3n) is 4.66. The van der Waals surface area contributed by atoms with Crippen molar-refractivity contribution in [1.82, 2.24) is 15.1 Å². The molecule has 10 heteroatoms. The second-order valence-electron chi connectivity index (χ2n) is 6.86. The van der Waals surface area contributed by atoms with Crippen LogP contribution in [0.5, 0.6) is 0 Å². The number of aromatic nitrogens is 2. The van der Waals surface area contributed by atoms with Crippen LogP contribution in [0.4, 0.5) is 18.0 Å². The molecule has 7 nitrogen and oxygen atoms in total.